The van der Waals surface area contributed by atoms with Gasteiger partial charge in [-0.1, -0.05) is 12.1 Å². The molecule has 0 bridgehead atoms. The molecule has 0 atom stereocenters. The molecule has 0 aliphatic rings. The topological polar surface area (TPSA) is 84.5 Å². The first-order chi connectivity index (χ1) is 13.3. The van der Waals surface area contributed by atoms with Gasteiger partial charge in [0.05, 0.1) is 11.8 Å². The zero-order chi connectivity index (χ0) is 20.7. The lowest BCUT2D eigenvalue weighted by Gasteiger charge is -2.14. The molecule has 2 amide bonds. The molecular weight excluding hydrogens is 356 g/mol. The maximum Gasteiger partial charge on any atom is 0.251 e. The van der Waals surface area contributed by atoms with Crippen molar-refractivity contribution in [2.75, 3.05) is 10.6 Å². The summed E-state index contributed by atoms with van der Waals surface area (Å²) in [5.41, 5.74) is 1.88. The molecule has 0 radical (unpaired) electrons. The number of carbonyl (C=O) groups is 3. The van der Waals surface area contributed by atoms with E-state index in [-0.39, 0.29) is 17.5 Å². The van der Waals surface area contributed by atoms with E-state index in [1.54, 1.807) is 49.4 Å². The van der Waals surface area contributed by atoms with Gasteiger partial charge in [-0.3, -0.25) is 14.4 Å². The van der Waals surface area contributed by atoms with Crippen LogP contribution in [-0.4, -0.2) is 23.7 Å². The lowest BCUT2D eigenvalue weighted by Crippen LogP contribution is -2.17. The van der Waals surface area contributed by atoms with Crippen LogP contribution in [0.5, 0.6) is 5.75 Å². The third-order valence-corrected chi connectivity index (χ3v) is 3.76. The van der Waals surface area contributed by atoms with E-state index < -0.39 is 11.8 Å². The summed E-state index contributed by atoms with van der Waals surface area (Å²) in [4.78, 5) is 35.8. The van der Waals surface area contributed by atoms with Crippen LogP contribution in [0.25, 0.3) is 0 Å². The van der Waals surface area contributed by atoms with Crippen LogP contribution < -0.4 is 15.4 Å². The molecule has 0 fully saturated rings. The highest BCUT2D eigenvalue weighted by atomic mass is 16.5. The number of amides is 2. The van der Waals surface area contributed by atoms with Crippen molar-refractivity contribution in [3.63, 3.8) is 0 Å². The van der Waals surface area contributed by atoms with Gasteiger partial charge in [0.25, 0.3) is 5.91 Å². The molecule has 0 aliphatic heterocycles. The maximum absolute atomic E-state index is 12.3. The molecule has 0 aliphatic carbocycles. The number of anilines is 2. The van der Waals surface area contributed by atoms with Gasteiger partial charge in [0, 0.05) is 22.9 Å². The van der Waals surface area contributed by atoms with E-state index in [4.69, 9.17) is 4.74 Å². The van der Waals surface area contributed by atoms with Gasteiger partial charge in [-0.2, -0.15) is 0 Å². The van der Waals surface area contributed by atoms with Crippen LogP contribution in [0.2, 0.25) is 0 Å². The fourth-order valence-electron chi connectivity index (χ4n) is 2.38. The number of Topliss-reactive ketones (excluding diaryl/α,β-unsaturated/α-hetero) is 1. The van der Waals surface area contributed by atoms with Gasteiger partial charge in [-0.05, 0) is 64.1 Å². The molecule has 146 valence electrons. The minimum atomic E-state index is -0.431. The lowest BCUT2D eigenvalue weighted by atomic mass is 10.1. The number of ether oxygens (including phenoxy) is 1. The minimum Gasteiger partial charge on any atom is -0.489 e. The van der Waals surface area contributed by atoms with Crippen molar-refractivity contribution in [3.8, 4) is 5.75 Å². The fourth-order valence-corrected chi connectivity index (χ4v) is 2.38. The van der Waals surface area contributed by atoms with Crippen LogP contribution in [0.4, 0.5) is 11.4 Å². The minimum absolute atomic E-state index is 0.0319. The summed E-state index contributed by atoms with van der Waals surface area (Å²) in [6, 6.07) is 13.7. The van der Waals surface area contributed by atoms with Crippen molar-refractivity contribution in [3.05, 3.63) is 65.7 Å². The van der Waals surface area contributed by atoms with E-state index in [0.29, 0.717) is 22.7 Å². The van der Waals surface area contributed by atoms with Crippen molar-refractivity contribution >= 4 is 29.0 Å². The Morgan fingerprint density at radius 1 is 0.929 bits per heavy atom. The summed E-state index contributed by atoms with van der Waals surface area (Å²) >= 11 is 0. The summed E-state index contributed by atoms with van der Waals surface area (Å²) in [6.45, 7) is 6.82. The number of hydrogen-bond acceptors (Lipinski definition) is 4. The van der Waals surface area contributed by atoms with Crippen LogP contribution in [0.15, 0.2) is 60.2 Å². The number of para-hydroxylation sites is 2. The molecule has 6 heteroatoms. The van der Waals surface area contributed by atoms with Gasteiger partial charge >= 0.3 is 0 Å². The summed E-state index contributed by atoms with van der Waals surface area (Å²) < 4.78 is 5.67. The lowest BCUT2D eigenvalue weighted by molar-refractivity contribution is -0.114. The second-order valence-corrected chi connectivity index (χ2v) is 6.57. The van der Waals surface area contributed by atoms with E-state index in [2.05, 4.69) is 10.6 Å². The number of rotatable bonds is 7. The Bertz CT molecular complexity index is 899. The van der Waals surface area contributed by atoms with Gasteiger partial charge in [0.15, 0.2) is 5.78 Å². The molecule has 0 heterocycles. The zero-order valence-electron chi connectivity index (χ0n) is 16.4. The van der Waals surface area contributed by atoms with Gasteiger partial charge < -0.3 is 15.4 Å². The first-order valence-electron chi connectivity index (χ1n) is 8.93. The molecule has 0 saturated carbocycles. The van der Waals surface area contributed by atoms with Crippen LogP contribution in [0.3, 0.4) is 0 Å². The fraction of sp³-hybridized carbons (Fsp3) is 0.227. The molecule has 0 saturated heterocycles. The van der Waals surface area contributed by atoms with E-state index in [1.165, 1.54) is 13.0 Å². The van der Waals surface area contributed by atoms with Crippen molar-refractivity contribution in [1.29, 1.82) is 0 Å². The summed E-state index contributed by atoms with van der Waals surface area (Å²) in [5.74, 6) is -0.323. The largest absolute Gasteiger partial charge is 0.489 e. The highest BCUT2D eigenvalue weighted by molar-refractivity contribution is 6.10. The predicted molar refractivity (Wildman–Crippen MR) is 110 cm³/mol. The molecule has 2 N–H and O–H groups in total. The standard InChI is InChI=1S/C22H24N2O4/c1-14(2)28-20-8-6-5-7-19(20)24-21(26)13-15(3)22(27)23-18-11-9-17(10-12-18)16(4)25/h5-14H,1-4H3,(H,23,27)(H,24,26)/b15-13-. The van der Waals surface area contributed by atoms with E-state index in [0.717, 1.165) is 0 Å². The summed E-state index contributed by atoms with van der Waals surface area (Å²) in [5, 5.41) is 5.42. The summed E-state index contributed by atoms with van der Waals surface area (Å²) in [6.07, 6.45) is 1.20. The van der Waals surface area contributed by atoms with Gasteiger partial charge in [-0.15, -0.1) is 0 Å². The molecule has 0 spiro atoms. The van der Waals surface area contributed by atoms with Crippen molar-refractivity contribution in [2.45, 2.75) is 33.8 Å². The summed E-state index contributed by atoms with van der Waals surface area (Å²) in [7, 11) is 0. The number of hydrogen-bond donors (Lipinski definition) is 2. The van der Waals surface area contributed by atoms with Crippen LogP contribution in [0.1, 0.15) is 38.1 Å². The Kier molecular flexibility index (Phi) is 7.09. The van der Waals surface area contributed by atoms with Crippen molar-refractivity contribution < 1.29 is 19.1 Å². The molecule has 2 rings (SSSR count). The number of nitrogens with one attached hydrogen (secondary N) is 2. The number of benzene rings is 2. The van der Waals surface area contributed by atoms with Gasteiger partial charge in [0.1, 0.15) is 5.75 Å². The average molecular weight is 380 g/mol. The second kappa shape index (κ2) is 9.50. The average Bonchev–Trinajstić information content (AvgIpc) is 2.63. The van der Waals surface area contributed by atoms with E-state index in [9.17, 15) is 14.4 Å². The normalized spacial score (nSPS) is 11.1. The van der Waals surface area contributed by atoms with Crippen molar-refractivity contribution in [1.82, 2.24) is 0 Å². The van der Waals surface area contributed by atoms with Gasteiger partial charge in [-0.25, -0.2) is 0 Å². The molecule has 0 aromatic heterocycles. The molecule has 2 aromatic rings. The maximum atomic E-state index is 12.3. The zero-order valence-corrected chi connectivity index (χ0v) is 16.4. The third kappa shape index (κ3) is 6.09. The number of ketones is 1. The first kappa shape index (κ1) is 20.9. The van der Waals surface area contributed by atoms with Crippen LogP contribution >= 0.6 is 0 Å². The smallest absolute Gasteiger partial charge is 0.251 e. The molecule has 2 aromatic carbocycles. The SMILES string of the molecule is CC(=O)c1ccc(NC(=O)/C(C)=C\C(=O)Nc2ccccc2OC(C)C)cc1. The number of carbonyl (C=O) groups excluding carboxylic acids is 3. The van der Waals surface area contributed by atoms with E-state index >= 15 is 0 Å². The van der Waals surface area contributed by atoms with Gasteiger partial charge in [0.2, 0.25) is 5.91 Å². The van der Waals surface area contributed by atoms with E-state index in [1.807, 2.05) is 19.9 Å². The van der Waals surface area contributed by atoms with Crippen LogP contribution in [-0.2, 0) is 9.59 Å². The Hall–Kier alpha value is -3.41. The third-order valence-electron chi connectivity index (χ3n) is 3.76. The Morgan fingerprint density at radius 3 is 2.18 bits per heavy atom. The molecule has 6 nitrogen and oxygen atoms in total. The highest BCUT2D eigenvalue weighted by Crippen LogP contribution is 2.24. The molecule has 28 heavy (non-hydrogen) atoms. The quantitative estimate of drug-likeness (QED) is 0.557. The highest BCUT2D eigenvalue weighted by Gasteiger charge is 2.11. The van der Waals surface area contributed by atoms with Crippen LogP contribution in [0, 0.1) is 0 Å². The molecule has 0 unspecified atom stereocenters. The molecular formula is C22H24N2O4. The predicted octanol–water partition coefficient (Wildman–Crippen LogP) is 4.20. The monoisotopic (exact) mass is 380 g/mol. The Labute approximate surface area is 164 Å². The Balaban J connectivity index is 2.03. The second-order valence-electron chi connectivity index (χ2n) is 6.57. The Morgan fingerprint density at radius 2 is 1.57 bits per heavy atom. The van der Waals surface area contributed by atoms with Crippen molar-refractivity contribution in [2.24, 2.45) is 0 Å². The first-order valence-corrected chi connectivity index (χ1v) is 8.93.